The first-order valence-electron chi connectivity index (χ1n) is 13.4. The Kier molecular flexibility index (Phi) is 10.6. The number of hydrogen-bond donors (Lipinski definition) is 1. The minimum atomic E-state index is -4.13. The Morgan fingerprint density at radius 1 is 0.977 bits per heavy atom. The third-order valence-corrected chi connectivity index (χ3v) is 8.35. The fourth-order valence-corrected chi connectivity index (χ4v) is 5.59. The Morgan fingerprint density at radius 3 is 2.30 bits per heavy atom. The average Bonchev–Trinajstić information content (AvgIpc) is 3.03. The molecule has 1 saturated heterocycles. The lowest BCUT2D eigenvalue weighted by Crippen LogP contribution is -2.42. The van der Waals surface area contributed by atoms with Gasteiger partial charge in [-0.3, -0.25) is 13.9 Å². The van der Waals surface area contributed by atoms with Crippen molar-refractivity contribution in [2.24, 2.45) is 5.10 Å². The van der Waals surface area contributed by atoms with Crippen LogP contribution in [0.1, 0.15) is 11.1 Å². The summed E-state index contributed by atoms with van der Waals surface area (Å²) in [6.07, 6.45) is 1.41. The van der Waals surface area contributed by atoms with Crippen molar-refractivity contribution in [2.45, 2.75) is 11.8 Å². The maximum absolute atomic E-state index is 13.6. The smallest absolute Gasteiger partial charge is 0.264 e. The van der Waals surface area contributed by atoms with Crippen LogP contribution in [0.15, 0.2) is 76.7 Å². The van der Waals surface area contributed by atoms with Crippen LogP contribution in [0, 0.1) is 6.92 Å². The predicted octanol–water partition coefficient (Wildman–Crippen LogP) is 2.60. The average molecular weight is 611 g/mol. The van der Waals surface area contributed by atoms with Gasteiger partial charge in [0.15, 0.2) is 18.1 Å². The molecule has 2 amide bonds. The van der Waals surface area contributed by atoms with Crippen LogP contribution < -0.4 is 23.9 Å². The Labute approximate surface area is 250 Å². The zero-order valence-electron chi connectivity index (χ0n) is 24.2. The molecule has 0 atom stereocenters. The van der Waals surface area contributed by atoms with E-state index >= 15 is 0 Å². The highest BCUT2D eigenvalue weighted by atomic mass is 32.2. The summed E-state index contributed by atoms with van der Waals surface area (Å²) >= 11 is 0. The lowest BCUT2D eigenvalue weighted by Gasteiger charge is -2.26. The maximum atomic E-state index is 13.6. The molecular weight excluding hydrogens is 576 g/mol. The molecule has 13 heteroatoms. The van der Waals surface area contributed by atoms with E-state index in [4.69, 9.17) is 18.9 Å². The third-order valence-electron chi connectivity index (χ3n) is 6.56. The Bertz CT molecular complexity index is 1540. The highest BCUT2D eigenvalue weighted by molar-refractivity contribution is 7.92. The number of hydrogen-bond acceptors (Lipinski definition) is 9. The van der Waals surface area contributed by atoms with Gasteiger partial charge in [-0.15, -0.1) is 0 Å². The molecule has 12 nitrogen and oxygen atoms in total. The highest BCUT2D eigenvalue weighted by Crippen LogP contribution is 2.33. The molecule has 0 bridgehead atoms. The molecule has 43 heavy (non-hydrogen) atoms. The SMILES string of the molecule is COc1ccc(N(CC(=O)N/N=C\c2ccc(OCC(=O)N3CCOCC3)cc2)S(=O)(=O)c2ccc(C)cc2)cc1OC. The van der Waals surface area contributed by atoms with Crippen LogP contribution in [0.5, 0.6) is 17.2 Å². The van der Waals surface area contributed by atoms with Crippen molar-refractivity contribution in [3.05, 3.63) is 77.9 Å². The third kappa shape index (κ3) is 8.23. The van der Waals surface area contributed by atoms with Crippen molar-refractivity contribution in [1.29, 1.82) is 0 Å². The van der Waals surface area contributed by atoms with Crippen LogP contribution >= 0.6 is 0 Å². The molecule has 1 aliphatic rings. The predicted molar refractivity (Wildman–Crippen MR) is 160 cm³/mol. The van der Waals surface area contributed by atoms with Crippen LogP contribution in [0.4, 0.5) is 5.69 Å². The number of hydrazone groups is 1. The van der Waals surface area contributed by atoms with Gasteiger partial charge in [-0.2, -0.15) is 5.10 Å². The quantitative estimate of drug-likeness (QED) is 0.244. The molecule has 0 saturated carbocycles. The molecule has 0 unspecified atom stereocenters. The van der Waals surface area contributed by atoms with Crippen molar-refractivity contribution in [3.8, 4) is 17.2 Å². The molecule has 1 N–H and O–H groups in total. The van der Waals surface area contributed by atoms with Crippen LogP contribution in [0.2, 0.25) is 0 Å². The van der Waals surface area contributed by atoms with E-state index in [0.29, 0.717) is 49.1 Å². The van der Waals surface area contributed by atoms with Crippen LogP contribution in [0.3, 0.4) is 0 Å². The van der Waals surface area contributed by atoms with Gasteiger partial charge < -0.3 is 23.8 Å². The number of morpholine rings is 1. The molecule has 0 aliphatic carbocycles. The van der Waals surface area contributed by atoms with E-state index in [1.54, 1.807) is 47.4 Å². The number of amides is 2. The number of aryl methyl sites for hydroxylation is 1. The van der Waals surface area contributed by atoms with Crippen molar-refractivity contribution in [3.63, 3.8) is 0 Å². The van der Waals surface area contributed by atoms with Gasteiger partial charge in [0.2, 0.25) is 0 Å². The molecular formula is C30H34N4O8S. The van der Waals surface area contributed by atoms with E-state index < -0.39 is 22.5 Å². The van der Waals surface area contributed by atoms with Crippen molar-refractivity contribution in [2.75, 3.05) is 58.0 Å². The van der Waals surface area contributed by atoms with Gasteiger partial charge in [-0.05, 0) is 61.0 Å². The number of methoxy groups -OCH3 is 2. The number of carbonyl (C=O) groups excluding carboxylic acids is 2. The lowest BCUT2D eigenvalue weighted by molar-refractivity contribution is -0.137. The molecule has 0 radical (unpaired) electrons. The minimum absolute atomic E-state index is 0.0261. The van der Waals surface area contributed by atoms with Crippen molar-refractivity contribution >= 4 is 33.7 Å². The summed E-state index contributed by atoms with van der Waals surface area (Å²) < 4.78 is 49.7. The zero-order chi connectivity index (χ0) is 30.8. The normalized spacial score (nSPS) is 13.4. The minimum Gasteiger partial charge on any atom is -0.493 e. The van der Waals surface area contributed by atoms with Crippen LogP contribution in [0.25, 0.3) is 0 Å². The Hall–Kier alpha value is -4.62. The first-order valence-corrected chi connectivity index (χ1v) is 14.9. The van der Waals surface area contributed by atoms with E-state index in [2.05, 4.69) is 10.5 Å². The Morgan fingerprint density at radius 2 is 1.65 bits per heavy atom. The lowest BCUT2D eigenvalue weighted by atomic mass is 10.2. The Balaban J connectivity index is 1.42. The number of benzene rings is 3. The van der Waals surface area contributed by atoms with Gasteiger partial charge in [0.1, 0.15) is 12.3 Å². The summed E-state index contributed by atoms with van der Waals surface area (Å²) in [6, 6.07) is 17.7. The molecule has 3 aromatic rings. The van der Waals surface area contributed by atoms with E-state index in [9.17, 15) is 18.0 Å². The highest BCUT2D eigenvalue weighted by Gasteiger charge is 2.28. The summed E-state index contributed by atoms with van der Waals surface area (Å²) in [5.74, 6) is 0.453. The molecule has 0 spiro atoms. The number of sulfonamides is 1. The number of anilines is 1. The number of nitrogens with zero attached hydrogens (tertiary/aromatic N) is 3. The van der Waals surface area contributed by atoms with Crippen LogP contribution in [-0.2, 0) is 24.3 Å². The number of nitrogens with one attached hydrogen (secondary N) is 1. The molecule has 4 rings (SSSR count). The van der Waals surface area contributed by atoms with Gasteiger partial charge in [0.05, 0.1) is 44.2 Å². The van der Waals surface area contributed by atoms with Gasteiger partial charge >= 0.3 is 0 Å². The summed E-state index contributed by atoms with van der Waals surface area (Å²) in [4.78, 5) is 26.9. The monoisotopic (exact) mass is 610 g/mol. The molecule has 0 aromatic heterocycles. The molecule has 228 valence electrons. The fourth-order valence-electron chi connectivity index (χ4n) is 4.18. The van der Waals surface area contributed by atoms with Gasteiger partial charge in [0.25, 0.3) is 21.8 Å². The molecule has 1 fully saturated rings. The molecule has 1 aliphatic heterocycles. The first-order chi connectivity index (χ1) is 20.7. The summed E-state index contributed by atoms with van der Waals surface area (Å²) in [7, 11) is -1.23. The van der Waals surface area contributed by atoms with E-state index in [-0.39, 0.29) is 23.1 Å². The van der Waals surface area contributed by atoms with Gasteiger partial charge in [0, 0.05) is 19.2 Å². The molecule has 1 heterocycles. The zero-order valence-corrected chi connectivity index (χ0v) is 25.0. The topological polar surface area (TPSA) is 136 Å². The largest absolute Gasteiger partial charge is 0.493 e. The number of carbonyl (C=O) groups is 2. The first kappa shape index (κ1) is 31.3. The standard InChI is InChI=1S/C30H34N4O8S/c1-22-4-11-26(12-5-22)43(37,38)34(24-8-13-27(39-2)28(18-24)40-3)20-29(35)32-31-19-23-6-9-25(10-7-23)42-21-30(36)33-14-16-41-17-15-33/h4-13,18-19H,14-17,20-21H2,1-3H3,(H,32,35)/b31-19-. The summed E-state index contributed by atoms with van der Waals surface area (Å²) in [5.41, 5.74) is 4.13. The maximum Gasteiger partial charge on any atom is 0.264 e. The second-order valence-corrected chi connectivity index (χ2v) is 11.4. The van der Waals surface area contributed by atoms with Gasteiger partial charge in [-0.1, -0.05) is 17.7 Å². The second kappa shape index (κ2) is 14.5. The number of ether oxygens (including phenoxy) is 4. The fraction of sp³-hybridized carbons (Fsp3) is 0.300. The summed E-state index contributed by atoms with van der Waals surface area (Å²) in [6.45, 7) is 3.36. The van der Waals surface area contributed by atoms with Crippen molar-refractivity contribution < 1.29 is 37.0 Å². The molecule has 3 aromatic carbocycles. The van der Waals surface area contributed by atoms with E-state index in [1.165, 1.54) is 44.7 Å². The summed E-state index contributed by atoms with van der Waals surface area (Å²) in [5, 5.41) is 3.98. The number of rotatable bonds is 12. The van der Waals surface area contributed by atoms with Gasteiger partial charge in [-0.25, -0.2) is 13.8 Å². The van der Waals surface area contributed by atoms with Crippen molar-refractivity contribution in [1.82, 2.24) is 10.3 Å². The van der Waals surface area contributed by atoms with E-state index in [0.717, 1.165) is 9.87 Å². The van der Waals surface area contributed by atoms with E-state index in [1.807, 2.05) is 6.92 Å². The second-order valence-electron chi connectivity index (χ2n) is 9.51. The van der Waals surface area contributed by atoms with Crippen LogP contribution in [-0.4, -0.2) is 85.0 Å².